The van der Waals surface area contributed by atoms with Gasteiger partial charge in [-0.15, -0.1) is 0 Å². The molecular weight excluding hydrogens is 500 g/mol. The molecule has 0 bridgehead atoms. The summed E-state index contributed by atoms with van der Waals surface area (Å²) in [5.74, 6) is 1.06. The fraction of sp³-hybridized carbons (Fsp3) is 0.333. The second-order valence-corrected chi connectivity index (χ2v) is 10.1. The first-order chi connectivity index (χ1) is 18.2. The monoisotopic (exact) mass is 536 g/mol. The highest BCUT2D eigenvalue weighted by molar-refractivity contribution is 6.30. The lowest BCUT2D eigenvalue weighted by atomic mass is 10.1. The van der Waals surface area contributed by atoms with E-state index in [1.54, 1.807) is 48.5 Å². The van der Waals surface area contributed by atoms with Crippen molar-refractivity contribution >= 4 is 29.2 Å². The number of ether oxygens (including phenoxy) is 1. The molecule has 38 heavy (non-hydrogen) atoms. The van der Waals surface area contributed by atoms with Gasteiger partial charge in [0, 0.05) is 42.3 Å². The van der Waals surface area contributed by atoms with Gasteiger partial charge in [0.15, 0.2) is 0 Å². The largest absolute Gasteiger partial charge is 0.457 e. The molecule has 0 heterocycles. The zero-order chi connectivity index (χ0) is 27.5. The number of carbonyl (C=O) groups excluding carboxylic acids is 2. The number of anilines is 1. The predicted octanol–water partition coefficient (Wildman–Crippen LogP) is 6.10. The summed E-state index contributed by atoms with van der Waals surface area (Å²) in [5.41, 5.74) is 1.54. The third kappa shape index (κ3) is 9.39. The number of rotatable bonds is 12. The molecule has 0 saturated heterocycles. The molecule has 0 spiro atoms. The summed E-state index contributed by atoms with van der Waals surface area (Å²) in [6.07, 6.45) is 0.381. The van der Waals surface area contributed by atoms with Gasteiger partial charge in [0.25, 0.3) is 0 Å². The summed E-state index contributed by atoms with van der Waals surface area (Å²) >= 11 is 5.92. The second kappa shape index (κ2) is 14.4. The highest BCUT2D eigenvalue weighted by Crippen LogP contribution is 2.24. The number of halogens is 1. The first kappa shape index (κ1) is 29.0. The molecule has 1 atom stereocenters. The van der Waals surface area contributed by atoms with E-state index in [2.05, 4.69) is 48.5 Å². The standard InChI is InChI=1S/C30H37ClN4O3/c1-21(2)35(22(3)4)19-18-32-29(36)28(20-23-8-6-5-7-9-23)34-30(37)33-25-12-16-27(17-13-25)38-26-14-10-24(31)11-15-26/h5-17,21-22,28H,18-20H2,1-4H3,(H,32,36)(H2,33,34,37). The molecular formula is C30H37ClN4O3. The van der Waals surface area contributed by atoms with Gasteiger partial charge in [0.1, 0.15) is 17.5 Å². The maximum Gasteiger partial charge on any atom is 0.319 e. The van der Waals surface area contributed by atoms with Gasteiger partial charge in [-0.1, -0.05) is 41.9 Å². The maximum atomic E-state index is 13.1. The van der Waals surface area contributed by atoms with Crippen molar-refractivity contribution in [2.75, 3.05) is 18.4 Å². The minimum Gasteiger partial charge on any atom is -0.457 e. The number of benzene rings is 3. The van der Waals surface area contributed by atoms with Crippen LogP contribution in [0.15, 0.2) is 78.9 Å². The molecule has 0 aliphatic rings. The molecule has 0 fully saturated rings. The van der Waals surface area contributed by atoms with Crippen LogP contribution in [-0.2, 0) is 11.2 Å². The van der Waals surface area contributed by atoms with E-state index in [0.29, 0.717) is 47.3 Å². The highest BCUT2D eigenvalue weighted by Gasteiger charge is 2.22. The lowest BCUT2D eigenvalue weighted by Crippen LogP contribution is -2.51. The Balaban J connectivity index is 1.59. The summed E-state index contributed by atoms with van der Waals surface area (Å²) in [4.78, 5) is 28.2. The number of hydrogen-bond donors (Lipinski definition) is 3. The third-order valence-corrected chi connectivity index (χ3v) is 6.31. The molecule has 3 amide bonds. The van der Waals surface area contributed by atoms with Crippen LogP contribution in [-0.4, -0.2) is 48.1 Å². The van der Waals surface area contributed by atoms with E-state index in [0.717, 1.165) is 12.1 Å². The molecule has 3 aromatic rings. The van der Waals surface area contributed by atoms with Crippen LogP contribution in [0.2, 0.25) is 5.02 Å². The molecule has 3 rings (SSSR count). The molecule has 7 nitrogen and oxygen atoms in total. The Hall–Kier alpha value is -3.55. The lowest BCUT2D eigenvalue weighted by molar-refractivity contribution is -0.123. The van der Waals surface area contributed by atoms with E-state index < -0.39 is 12.1 Å². The number of carbonyl (C=O) groups is 2. The van der Waals surface area contributed by atoms with Crippen molar-refractivity contribution in [2.45, 2.75) is 52.2 Å². The number of nitrogens with zero attached hydrogens (tertiary/aromatic N) is 1. The van der Waals surface area contributed by atoms with Gasteiger partial charge < -0.3 is 20.7 Å². The molecule has 202 valence electrons. The normalized spacial score (nSPS) is 11.9. The molecule has 0 saturated carbocycles. The molecule has 0 aliphatic heterocycles. The summed E-state index contributed by atoms with van der Waals surface area (Å²) in [5, 5.41) is 9.28. The average Bonchev–Trinajstić information content (AvgIpc) is 2.88. The van der Waals surface area contributed by atoms with Gasteiger partial charge in [0.2, 0.25) is 5.91 Å². The first-order valence-electron chi connectivity index (χ1n) is 12.9. The Morgan fingerprint density at radius 1 is 0.842 bits per heavy atom. The predicted molar refractivity (Wildman–Crippen MR) is 154 cm³/mol. The zero-order valence-electron chi connectivity index (χ0n) is 22.4. The van der Waals surface area contributed by atoms with E-state index in [1.807, 2.05) is 30.3 Å². The average molecular weight is 537 g/mol. The van der Waals surface area contributed by atoms with Crippen molar-refractivity contribution in [1.29, 1.82) is 0 Å². The van der Waals surface area contributed by atoms with Crippen LogP contribution in [0, 0.1) is 0 Å². The van der Waals surface area contributed by atoms with Crippen molar-refractivity contribution in [1.82, 2.24) is 15.5 Å². The number of amides is 3. The minimum absolute atomic E-state index is 0.219. The number of nitrogens with one attached hydrogen (secondary N) is 3. The van der Waals surface area contributed by atoms with E-state index in [4.69, 9.17) is 16.3 Å². The van der Waals surface area contributed by atoms with Gasteiger partial charge in [-0.2, -0.15) is 0 Å². The molecule has 3 N–H and O–H groups in total. The fourth-order valence-electron chi connectivity index (χ4n) is 4.17. The van der Waals surface area contributed by atoms with Crippen LogP contribution in [0.5, 0.6) is 11.5 Å². The van der Waals surface area contributed by atoms with Crippen molar-refractivity contribution in [3.8, 4) is 11.5 Å². The summed E-state index contributed by atoms with van der Waals surface area (Å²) in [7, 11) is 0. The summed E-state index contributed by atoms with van der Waals surface area (Å²) < 4.78 is 5.80. The van der Waals surface area contributed by atoms with Crippen LogP contribution >= 0.6 is 11.6 Å². The number of hydrogen-bond acceptors (Lipinski definition) is 4. The Bertz CT molecular complexity index is 1140. The van der Waals surface area contributed by atoms with Crippen LogP contribution in [0.3, 0.4) is 0 Å². The first-order valence-corrected chi connectivity index (χ1v) is 13.3. The van der Waals surface area contributed by atoms with Crippen LogP contribution in [0.4, 0.5) is 10.5 Å². The van der Waals surface area contributed by atoms with Crippen molar-refractivity contribution in [3.63, 3.8) is 0 Å². The van der Waals surface area contributed by atoms with Gasteiger partial charge in [0.05, 0.1) is 0 Å². The van der Waals surface area contributed by atoms with E-state index in [-0.39, 0.29) is 5.91 Å². The molecule has 0 aromatic heterocycles. The van der Waals surface area contributed by atoms with Gasteiger partial charge >= 0.3 is 6.03 Å². The fourth-order valence-corrected chi connectivity index (χ4v) is 4.30. The zero-order valence-corrected chi connectivity index (χ0v) is 23.2. The summed E-state index contributed by atoms with van der Waals surface area (Å²) in [6, 6.07) is 23.3. The SMILES string of the molecule is CC(C)N(CCNC(=O)C(Cc1ccccc1)NC(=O)Nc1ccc(Oc2ccc(Cl)cc2)cc1)C(C)C. The molecule has 1 unspecified atom stereocenters. The number of urea groups is 1. The topological polar surface area (TPSA) is 82.7 Å². The summed E-state index contributed by atoms with van der Waals surface area (Å²) in [6.45, 7) is 9.80. The van der Waals surface area contributed by atoms with E-state index in [1.165, 1.54) is 0 Å². The minimum atomic E-state index is -0.725. The molecule has 0 radical (unpaired) electrons. The van der Waals surface area contributed by atoms with Gasteiger partial charge in [-0.05, 0) is 81.8 Å². The van der Waals surface area contributed by atoms with E-state index in [9.17, 15) is 9.59 Å². The third-order valence-electron chi connectivity index (χ3n) is 6.06. The van der Waals surface area contributed by atoms with Crippen LogP contribution in [0.25, 0.3) is 0 Å². The second-order valence-electron chi connectivity index (χ2n) is 9.64. The molecule has 3 aromatic carbocycles. The smallest absolute Gasteiger partial charge is 0.319 e. The van der Waals surface area contributed by atoms with Crippen molar-refractivity contribution in [3.05, 3.63) is 89.4 Å². The quantitative estimate of drug-likeness (QED) is 0.261. The maximum absolute atomic E-state index is 13.1. The Morgan fingerprint density at radius 2 is 1.42 bits per heavy atom. The lowest BCUT2D eigenvalue weighted by Gasteiger charge is -2.30. The van der Waals surface area contributed by atoms with Crippen LogP contribution in [0.1, 0.15) is 33.3 Å². The Kier molecular flexibility index (Phi) is 11.0. The van der Waals surface area contributed by atoms with E-state index >= 15 is 0 Å². The molecule has 0 aliphatic carbocycles. The Morgan fingerprint density at radius 3 is 2.00 bits per heavy atom. The van der Waals surface area contributed by atoms with Crippen LogP contribution < -0.4 is 20.7 Å². The van der Waals surface area contributed by atoms with Crippen molar-refractivity contribution in [2.24, 2.45) is 0 Å². The van der Waals surface area contributed by atoms with Crippen molar-refractivity contribution < 1.29 is 14.3 Å². The Labute approximate surface area is 230 Å². The molecule has 8 heteroatoms. The highest BCUT2D eigenvalue weighted by atomic mass is 35.5. The van der Waals surface area contributed by atoms with Gasteiger partial charge in [-0.3, -0.25) is 9.69 Å². The van der Waals surface area contributed by atoms with Gasteiger partial charge in [-0.25, -0.2) is 4.79 Å².